The molecule has 1 saturated carbocycles. The Morgan fingerprint density at radius 3 is 2.62 bits per heavy atom. The Labute approximate surface area is 126 Å². The number of non-ortho nitro benzene ring substituents is 1. The van der Waals surface area contributed by atoms with E-state index in [2.05, 4.69) is 31.2 Å². The van der Waals surface area contributed by atoms with Crippen molar-refractivity contribution in [3.05, 3.63) is 39.9 Å². The number of rotatable bonds is 6. The molecule has 1 fully saturated rings. The molecule has 21 heavy (non-hydrogen) atoms. The summed E-state index contributed by atoms with van der Waals surface area (Å²) >= 11 is 0. The molecule has 1 aliphatic carbocycles. The molecule has 1 aliphatic rings. The van der Waals surface area contributed by atoms with Gasteiger partial charge in [0.15, 0.2) is 0 Å². The molecule has 1 N–H and O–H groups in total. The van der Waals surface area contributed by atoms with Crippen molar-refractivity contribution in [2.75, 3.05) is 20.6 Å². The van der Waals surface area contributed by atoms with Crippen LogP contribution in [0.5, 0.6) is 0 Å². The number of hydrogen-bond acceptors (Lipinski definition) is 4. The maximum atomic E-state index is 10.9. The smallest absolute Gasteiger partial charge is 0.269 e. The second-order valence-corrected chi connectivity index (χ2v) is 6.28. The summed E-state index contributed by atoms with van der Waals surface area (Å²) in [4.78, 5) is 12.8. The maximum Gasteiger partial charge on any atom is 0.269 e. The van der Waals surface area contributed by atoms with Gasteiger partial charge in [-0.3, -0.25) is 10.1 Å². The van der Waals surface area contributed by atoms with Gasteiger partial charge in [0.1, 0.15) is 0 Å². The Morgan fingerprint density at radius 1 is 1.38 bits per heavy atom. The van der Waals surface area contributed by atoms with E-state index in [4.69, 9.17) is 0 Å². The first kappa shape index (κ1) is 15.9. The van der Waals surface area contributed by atoms with Gasteiger partial charge in [0.2, 0.25) is 0 Å². The van der Waals surface area contributed by atoms with Crippen molar-refractivity contribution in [3.8, 4) is 0 Å². The molecule has 0 heterocycles. The van der Waals surface area contributed by atoms with E-state index in [0.717, 1.165) is 12.1 Å². The fraction of sp³-hybridized carbons (Fsp3) is 0.625. The van der Waals surface area contributed by atoms with Crippen LogP contribution in [0.4, 0.5) is 5.69 Å². The van der Waals surface area contributed by atoms with Gasteiger partial charge in [0.05, 0.1) is 4.92 Å². The zero-order valence-corrected chi connectivity index (χ0v) is 13.1. The van der Waals surface area contributed by atoms with Crippen LogP contribution < -0.4 is 5.32 Å². The summed E-state index contributed by atoms with van der Waals surface area (Å²) in [5.41, 5.74) is 1.36. The van der Waals surface area contributed by atoms with Gasteiger partial charge in [0, 0.05) is 30.3 Å². The number of nitrogens with zero attached hydrogens (tertiary/aromatic N) is 2. The second-order valence-electron chi connectivity index (χ2n) is 6.28. The molecule has 0 bridgehead atoms. The summed E-state index contributed by atoms with van der Waals surface area (Å²) in [6.07, 6.45) is 5.00. The van der Waals surface area contributed by atoms with E-state index in [1.165, 1.54) is 31.7 Å². The van der Waals surface area contributed by atoms with Gasteiger partial charge in [-0.05, 0) is 39.4 Å². The minimum atomic E-state index is -0.339. The van der Waals surface area contributed by atoms with Gasteiger partial charge in [0.25, 0.3) is 5.69 Å². The number of hydrogen-bond donors (Lipinski definition) is 1. The molecule has 0 spiro atoms. The van der Waals surface area contributed by atoms with E-state index in [1.807, 2.05) is 6.07 Å². The first-order chi connectivity index (χ1) is 9.94. The minimum Gasteiger partial charge on any atom is -0.308 e. The van der Waals surface area contributed by atoms with E-state index < -0.39 is 0 Å². The molecule has 1 unspecified atom stereocenters. The highest BCUT2D eigenvalue weighted by molar-refractivity contribution is 5.35. The molecular weight excluding hydrogens is 266 g/mol. The van der Waals surface area contributed by atoms with E-state index in [1.54, 1.807) is 12.1 Å². The summed E-state index contributed by atoms with van der Waals surface area (Å²) in [6.45, 7) is 2.99. The topological polar surface area (TPSA) is 58.4 Å². The van der Waals surface area contributed by atoms with Crippen LogP contribution in [0.2, 0.25) is 0 Å². The summed E-state index contributed by atoms with van der Waals surface area (Å²) in [6, 6.07) is 7.01. The Hall–Kier alpha value is -1.46. The third kappa shape index (κ3) is 3.60. The molecule has 1 aromatic carbocycles. The average molecular weight is 291 g/mol. The van der Waals surface area contributed by atoms with Crippen LogP contribution in [0, 0.1) is 10.1 Å². The molecule has 0 saturated heterocycles. The lowest BCUT2D eigenvalue weighted by Gasteiger charge is -2.37. The van der Waals surface area contributed by atoms with Crippen molar-refractivity contribution in [2.24, 2.45) is 0 Å². The summed E-state index contributed by atoms with van der Waals surface area (Å²) in [7, 11) is 4.29. The highest BCUT2D eigenvalue weighted by Gasteiger charge is 2.35. The Morgan fingerprint density at radius 2 is 2.05 bits per heavy atom. The number of nitro benzene ring substituents is 1. The number of nitrogens with one attached hydrogen (secondary N) is 1. The quantitative estimate of drug-likeness (QED) is 0.646. The van der Waals surface area contributed by atoms with Crippen LogP contribution in [0.3, 0.4) is 0 Å². The molecule has 1 aromatic rings. The van der Waals surface area contributed by atoms with E-state index in [9.17, 15) is 10.1 Å². The van der Waals surface area contributed by atoms with Crippen LogP contribution in [-0.2, 0) is 0 Å². The molecule has 0 aromatic heterocycles. The number of nitro groups is 1. The Kier molecular flexibility index (Phi) is 4.96. The van der Waals surface area contributed by atoms with Crippen LogP contribution in [0.15, 0.2) is 24.3 Å². The predicted molar refractivity (Wildman–Crippen MR) is 84.4 cm³/mol. The molecule has 5 heteroatoms. The van der Waals surface area contributed by atoms with Crippen molar-refractivity contribution in [3.63, 3.8) is 0 Å². The molecule has 0 aliphatic heterocycles. The summed E-state index contributed by atoms with van der Waals surface area (Å²) in [5.74, 6) is 0. The van der Waals surface area contributed by atoms with Crippen molar-refractivity contribution in [1.29, 1.82) is 0 Å². The number of likely N-dealkylation sites (N-methyl/N-ethyl adjacent to an activating group) is 1. The van der Waals surface area contributed by atoms with Crippen molar-refractivity contribution in [2.45, 2.75) is 44.2 Å². The monoisotopic (exact) mass is 291 g/mol. The lowest BCUT2D eigenvalue weighted by Crippen LogP contribution is -2.50. The van der Waals surface area contributed by atoms with Crippen LogP contribution in [-0.4, -0.2) is 36.0 Å². The van der Waals surface area contributed by atoms with Crippen LogP contribution in [0.1, 0.15) is 44.2 Å². The molecule has 1 atom stereocenters. The third-order valence-corrected chi connectivity index (χ3v) is 4.80. The van der Waals surface area contributed by atoms with E-state index >= 15 is 0 Å². The van der Waals surface area contributed by atoms with Gasteiger partial charge in [-0.25, -0.2) is 0 Å². The average Bonchev–Trinajstić information content (AvgIpc) is 2.95. The maximum absolute atomic E-state index is 10.9. The lowest BCUT2D eigenvalue weighted by molar-refractivity contribution is -0.384. The largest absolute Gasteiger partial charge is 0.308 e. The van der Waals surface area contributed by atoms with E-state index in [-0.39, 0.29) is 22.2 Å². The number of benzene rings is 1. The minimum absolute atomic E-state index is 0.113. The Bertz CT molecular complexity index is 496. The van der Waals surface area contributed by atoms with Crippen LogP contribution >= 0.6 is 0 Å². The fourth-order valence-corrected chi connectivity index (χ4v) is 3.18. The van der Waals surface area contributed by atoms with Gasteiger partial charge >= 0.3 is 0 Å². The van der Waals surface area contributed by atoms with Gasteiger partial charge in [-0.1, -0.05) is 25.0 Å². The molecule has 116 valence electrons. The molecule has 2 rings (SSSR count). The standard InChI is InChI=1S/C16H25N3O2/c1-13(14-7-6-8-15(11-14)19(20)21)17-12-16(18(2)3)9-4-5-10-16/h6-8,11,13,17H,4-5,9-10,12H2,1-3H3. The lowest BCUT2D eigenvalue weighted by atomic mass is 9.95. The highest BCUT2D eigenvalue weighted by Crippen LogP contribution is 2.33. The van der Waals surface area contributed by atoms with Crippen LogP contribution in [0.25, 0.3) is 0 Å². The molecule has 0 radical (unpaired) electrons. The van der Waals surface area contributed by atoms with Crippen molar-refractivity contribution in [1.82, 2.24) is 10.2 Å². The SMILES string of the molecule is CC(NCC1(N(C)C)CCCC1)c1cccc([N+](=O)[O-])c1. The zero-order chi connectivity index (χ0) is 15.5. The predicted octanol–water partition coefficient (Wildman–Crippen LogP) is 3.12. The van der Waals surface area contributed by atoms with E-state index in [0.29, 0.717) is 0 Å². The van der Waals surface area contributed by atoms with Gasteiger partial charge in [-0.15, -0.1) is 0 Å². The normalized spacial score (nSPS) is 18.9. The highest BCUT2D eigenvalue weighted by atomic mass is 16.6. The third-order valence-electron chi connectivity index (χ3n) is 4.80. The molecule has 5 nitrogen and oxygen atoms in total. The van der Waals surface area contributed by atoms with Gasteiger partial charge < -0.3 is 10.2 Å². The zero-order valence-electron chi connectivity index (χ0n) is 13.1. The van der Waals surface area contributed by atoms with Crippen molar-refractivity contribution >= 4 is 5.69 Å². The summed E-state index contributed by atoms with van der Waals surface area (Å²) < 4.78 is 0. The first-order valence-electron chi connectivity index (χ1n) is 7.60. The summed E-state index contributed by atoms with van der Waals surface area (Å²) in [5, 5.41) is 14.4. The second kappa shape index (κ2) is 6.54. The fourth-order valence-electron chi connectivity index (χ4n) is 3.18. The first-order valence-corrected chi connectivity index (χ1v) is 7.60. The van der Waals surface area contributed by atoms with Gasteiger partial charge in [-0.2, -0.15) is 0 Å². The molecule has 0 amide bonds. The van der Waals surface area contributed by atoms with Crippen molar-refractivity contribution < 1.29 is 4.92 Å². The Balaban J connectivity index is 2.02. The molecular formula is C16H25N3O2.